The Hall–Kier alpha value is -1.49. The number of hydrogen-bond donors (Lipinski definition) is 1. The number of aryl methyl sites for hydroxylation is 1. The van der Waals surface area contributed by atoms with Gasteiger partial charge in [-0.2, -0.15) is 0 Å². The molecule has 1 atom stereocenters. The lowest BCUT2D eigenvalue weighted by Gasteiger charge is -2.31. The predicted octanol–water partition coefficient (Wildman–Crippen LogP) is 0.596. The molecule has 5 nitrogen and oxygen atoms in total. The Labute approximate surface area is 101 Å². The van der Waals surface area contributed by atoms with Gasteiger partial charge in [0.2, 0.25) is 0 Å². The zero-order valence-corrected chi connectivity index (χ0v) is 10.1. The van der Waals surface area contributed by atoms with E-state index in [0.29, 0.717) is 18.2 Å². The van der Waals surface area contributed by atoms with Crippen LogP contribution in [-0.4, -0.2) is 40.4 Å². The Bertz CT molecular complexity index is 390. The maximum atomic E-state index is 12.2. The zero-order chi connectivity index (χ0) is 12.3. The summed E-state index contributed by atoms with van der Waals surface area (Å²) < 4.78 is 0. The van der Waals surface area contributed by atoms with Crippen molar-refractivity contribution >= 4 is 5.91 Å². The van der Waals surface area contributed by atoms with E-state index in [-0.39, 0.29) is 5.91 Å². The normalized spacial score (nSPS) is 20.4. The highest BCUT2D eigenvalue weighted by atomic mass is 16.2. The molecule has 0 spiro atoms. The van der Waals surface area contributed by atoms with E-state index in [2.05, 4.69) is 9.97 Å². The van der Waals surface area contributed by atoms with Crippen LogP contribution in [0.4, 0.5) is 0 Å². The number of rotatable bonds is 2. The molecule has 1 aromatic rings. The summed E-state index contributed by atoms with van der Waals surface area (Å²) >= 11 is 0. The molecule has 5 heteroatoms. The first-order chi connectivity index (χ1) is 8.20. The number of likely N-dealkylation sites (tertiary alicyclic amines) is 1. The molecule has 0 radical (unpaired) electrons. The third-order valence-electron chi connectivity index (χ3n) is 3.14. The number of hydrogen-bond acceptors (Lipinski definition) is 4. The van der Waals surface area contributed by atoms with Crippen molar-refractivity contribution in [3.8, 4) is 0 Å². The lowest BCUT2D eigenvalue weighted by molar-refractivity contribution is 0.0671. The Morgan fingerprint density at radius 2 is 2.35 bits per heavy atom. The van der Waals surface area contributed by atoms with Gasteiger partial charge in [-0.3, -0.25) is 9.78 Å². The second-order valence-electron chi connectivity index (χ2n) is 4.54. The van der Waals surface area contributed by atoms with Gasteiger partial charge >= 0.3 is 0 Å². The average molecular weight is 234 g/mol. The number of aromatic nitrogens is 2. The van der Waals surface area contributed by atoms with Crippen molar-refractivity contribution in [2.75, 3.05) is 19.6 Å². The fourth-order valence-electron chi connectivity index (χ4n) is 2.11. The Kier molecular flexibility index (Phi) is 3.68. The molecule has 92 valence electrons. The van der Waals surface area contributed by atoms with Crippen molar-refractivity contribution in [3.05, 3.63) is 23.8 Å². The molecule has 1 amide bonds. The molecule has 1 saturated heterocycles. The molecule has 2 N–H and O–H groups in total. The van der Waals surface area contributed by atoms with Crippen LogP contribution in [0.3, 0.4) is 0 Å². The molecule has 0 unspecified atom stereocenters. The molecular formula is C12H18N4O. The third kappa shape index (κ3) is 2.79. The second kappa shape index (κ2) is 5.23. The van der Waals surface area contributed by atoms with Gasteiger partial charge in [0.25, 0.3) is 5.91 Å². The van der Waals surface area contributed by atoms with Crippen LogP contribution in [0.5, 0.6) is 0 Å². The van der Waals surface area contributed by atoms with Gasteiger partial charge < -0.3 is 10.6 Å². The van der Waals surface area contributed by atoms with Gasteiger partial charge in [-0.15, -0.1) is 0 Å². The molecule has 1 aliphatic rings. The lowest BCUT2D eigenvalue weighted by Crippen LogP contribution is -2.42. The number of nitrogens with two attached hydrogens (primary N) is 1. The van der Waals surface area contributed by atoms with Crippen LogP contribution in [-0.2, 0) is 0 Å². The summed E-state index contributed by atoms with van der Waals surface area (Å²) in [5.41, 5.74) is 6.90. The van der Waals surface area contributed by atoms with Gasteiger partial charge in [0.15, 0.2) is 0 Å². The van der Waals surface area contributed by atoms with E-state index in [4.69, 9.17) is 5.73 Å². The van der Waals surface area contributed by atoms with E-state index in [0.717, 1.165) is 31.6 Å². The first-order valence-corrected chi connectivity index (χ1v) is 5.98. The number of carbonyl (C=O) groups is 1. The number of nitrogens with zero attached hydrogens (tertiary/aromatic N) is 3. The van der Waals surface area contributed by atoms with E-state index < -0.39 is 0 Å². The maximum absolute atomic E-state index is 12.2. The summed E-state index contributed by atoms with van der Waals surface area (Å²) in [6.07, 6.45) is 5.30. The molecule has 0 saturated carbocycles. The van der Waals surface area contributed by atoms with Gasteiger partial charge in [0.05, 0.1) is 11.9 Å². The molecule has 17 heavy (non-hydrogen) atoms. The van der Waals surface area contributed by atoms with Gasteiger partial charge in [-0.05, 0) is 32.2 Å². The van der Waals surface area contributed by atoms with Gasteiger partial charge in [-0.25, -0.2) is 4.98 Å². The second-order valence-corrected chi connectivity index (χ2v) is 4.54. The van der Waals surface area contributed by atoms with Gasteiger partial charge in [-0.1, -0.05) is 0 Å². The quantitative estimate of drug-likeness (QED) is 0.813. The Morgan fingerprint density at radius 1 is 1.53 bits per heavy atom. The molecule has 1 aromatic heterocycles. The van der Waals surface area contributed by atoms with Crippen molar-refractivity contribution in [2.24, 2.45) is 11.7 Å². The summed E-state index contributed by atoms with van der Waals surface area (Å²) in [7, 11) is 0. The van der Waals surface area contributed by atoms with Crippen LogP contribution in [0.15, 0.2) is 12.4 Å². The van der Waals surface area contributed by atoms with E-state index in [1.54, 1.807) is 12.4 Å². The highest BCUT2D eigenvalue weighted by molar-refractivity contribution is 5.92. The average Bonchev–Trinajstić information content (AvgIpc) is 2.39. The topological polar surface area (TPSA) is 72.1 Å². The van der Waals surface area contributed by atoms with Crippen LogP contribution < -0.4 is 5.73 Å². The first-order valence-electron chi connectivity index (χ1n) is 5.98. The monoisotopic (exact) mass is 234 g/mol. The van der Waals surface area contributed by atoms with Crippen molar-refractivity contribution in [1.82, 2.24) is 14.9 Å². The first kappa shape index (κ1) is 12.0. The summed E-state index contributed by atoms with van der Waals surface area (Å²) in [5.74, 6) is 0.391. The number of amides is 1. The summed E-state index contributed by atoms with van der Waals surface area (Å²) in [6, 6.07) is 0. The van der Waals surface area contributed by atoms with Crippen molar-refractivity contribution < 1.29 is 4.79 Å². The molecular weight excluding hydrogens is 216 g/mol. The standard InChI is InChI=1S/C12H18N4O/c1-9-6-15-11(7-14-9)12(17)16-4-2-3-10(5-13)8-16/h6-7,10H,2-5,8,13H2,1H3/t10-/m0/s1. The summed E-state index contributed by atoms with van der Waals surface area (Å²) in [4.78, 5) is 22.2. The van der Waals surface area contributed by atoms with Crippen LogP contribution in [0.25, 0.3) is 0 Å². The van der Waals surface area contributed by atoms with E-state index in [1.165, 1.54) is 0 Å². The Balaban J connectivity index is 2.06. The molecule has 0 aromatic carbocycles. The van der Waals surface area contributed by atoms with E-state index >= 15 is 0 Å². The van der Waals surface area contributed by atoms with Crippen LogP contribution in [0.1, 0.15) is 29.0 Å². The highest BCUT2D eigenvalue weighted by Gasteiger charge is 2.24. The van der Waals surface area contributed by atoms with E-state index in [9.17, 15) is 4.79 Å². The maximum Gasteiger partial charge on any atom is 0.274 e. The number of piperidine rings is 1. The lowest BCUT2D eigenvalue weighted by atomic mass is 9.98. The van der Waals surface area contributed by atoms with Crippen molar-refractivity contribution in [2.45, 2.75) is 19.8 Å². The van der Waals surface area contributed by atoms with E-state index in [1.807, 2.05) is 11.8 Å². The molecule has 0 aliphatic carbocycles. The minimum absolute atomic E-state index is 0.0318. The van der Waals surface area contributed by atoms with Gasteiger partial charge in [0, 0.05) is 19.3 Å². The third-order valence-corrected chi connectivity index (χ3v) is 3.14. The fraction of sp³-hybridized carbons (Fsp3) is 0.583. The van der Waals surface area contributed by atoms with Crippen molar-refractivity contribution in [3.63, 3.8) is 0 Å². The molecule has 0 bridgehead atoms. The smallest absolute Gasteiger partial charge is 0.274 e. The predicted molar refractivity (Wildman–Crippen MR) is 64.5 cm³/mol. The highest BCUT2D eigenvalue weighted by Crippen LogP contribution is 2.16. The van der Waals surface area contributed by atoms with Gasteiger partial charge in [0.1, 0.15) is 5.69 Å². The molecule has 1 fully saturated rings. The Morgan fingerprint density at radius 3 is 3.00 bits per heavy atom. The largest absolute Gasteiger partial charge is 0.337 e. The van der Waals surface area contributed by atoms with Crippen LogP contribution >= 0.6 is 0 Å². The summed E-state index contributed by atoms with van der Waals surface area (Å²) in [6.45, 7) is 4.03. The van der Waals surface area contributed by atoms with Crippen LogP contribution in [0, 0.1) is 12.8 Å². The minimum atomic E-state index is -0.0318. The zero-order valence-electron chi connectivity index (χ0n) is 10.1. The van der Waals surface area contributed by atoms with Crippen LogP contribution in [0.2, 0.25) is 0 Å². The summed E-state index contributed by atoms with van der Waals surface area (Å²) in [5, 5.41) is 0. The number of carbonyl (C=O) groups excluding carboxylic acids is 1. The SMILES string of the molecule is Cc1cnc(C(=O)N2CCC[C@@H](CN)C2)cn1. The van der Waals surface area contributed by atoms with Crippen molar-refractivity contribution in [1.29, 1.82) is 0 Å². The minimum Gasteiger partial charge on any atom is -0.337 e. The molecule has 2 heterocycles. The molecule has 1 aliphatic heterocycles. The molecule has 2 rings (SSSR count). The fourth-order valence-corrected chi connectivity index (χ4v) is 2.11.